The molecule has 0 unspecified atom stereocenters. The molecule has 0 saturated carbocycles. The quantitative estimate of drug-likeness (QED) is 0.251. The molecule has 2 aromatic carbocycles. The molecule has 0 heterocycles. The van der Waals surface area contributed by atoms with Crippen LogP contribution in [0.2, 0.25) is 10.0 Å². The fourth-order valence-corrected chi connectivity index (χ4v) is 3.84. The molecular weight excluding hydrogens is 415 g/mol. The lowest BCUT2D eigenvalue weighted by molar-refractivity contribution is 0.304. The highest BCUT2D eigenvalue weighted by atomic mass is 35.5. The first-order valence-electron chi connectivity index (χ1n) is 11.5. The molecule has 2 aromatic rings. The van der Waals surface area contributed by atoms with E-state index in [1.165, 1.54) is 51.4 Å². The Bertz CT molecular complexity index is 746. The van der Waals surface area contributed by atoms with E-state index in [-0.39, 0.29) is 0 Å². The Morgan fingerprint density at radius 3 is 1.40 bits per heavy atom. The summed E-state index contributed by atoms with van der Waals surface area (Å²) in [5, 5.41) is 1.26. The summed E-state index contributed by atoms with van der Waals surface area (Å²) in [4.78, 5) is 0. The van der Waals surface area contributed by atoms with E-state index in [2.05, 4.69) is 13.8 Å². The SMILES string of the molecule is CCCCCCCCOc1ccc(-c2ccc(OCCCCCC)c(Cl)c2)cc1Cl. The maximum absolute atomic E-state index is 6.46. The molecule has 0 saturated heterocycles. The Balaban J connectivity index is 1.85. The smallest absolute Gasteiger partial charge is 0.137 e. The highest BCUT2D eigenvalue weighted by molar-refractivity contribution is 6.33. The van der Waals surface area contributed by atoms with Crippen molar-refractivity contribution in [1.29, 1.82) is 0 Å². The Morgan fingerprint density at radius 1 is 0.567 bits per heavy atom. The second kappa shape index (κ2) is 14.6. The lowest BCUT2D eigenvalue weighted by Crippen LogP contribution is -1.98. The van der Waals surface area contributed by atoms with Crippen molar-refractivity contribution in [2.24, 2.45) is 0 Å². The molecule has 0 aliphatic heterocycles. The molecular formula is C26H36Cl2O2. The van der Waals surface area contributed by atoms with E-state index < -0.39 is 0 Å². The number of unbranched alkanes of at least 4 members (excludes halogenated alkanes) is 8. The number of benzene rings is 2. The van der Waals surface area contributed by atoms with Gasteiger partial charge in [-0.1, -0.05) is 101 Å². The van der Waals surface area contributed by atoms with E-state index in [0.717, 1.165) is 35.5 Å². The summed E-state index contributed by atoms with van der Waals surface area (Å²) in [6.07, 6.45) is 12.2. The molecule has 30 heavy (non-hydrogen) atoms. The number of ether oxygens (including phenoxy) is 2. The van der Waals surface area contributed by atoms with Gasteiger partial charge in [-0.05, 0) is 48.2 Å². The van der Waals surface area contributed by atoms with Crippen molar-refractivity contribution in [2.45, 2.75) is 78.1 Å². The van der Waals surface area contributed by atoms with Gasteiger partial charge in [-0.2, -0.15) is 0 Å². The molecule has 0 amide bonds. The minimum Gasteiger partial charge on any atom is -0.492 e. The second-order valence-electron chi connectivity index (χ2n) is 7.82. The van der Waals surface area contributed by atoms with Gasteiger partial charge in [0.25, 0.3) is 0 Å². The van der Waals surface area contributed by atoms with Crippen LogP contribution in [0.1, 0.15) is 78.1 Å². The molecule has 2 rings (SSSR count). The average Bonchev–Trinajstić information content (AvgIpc) is 2.75. The third-order valence-electron chi connectivity index (χ3n) is 5.21. The molecule has 0 fully saturated rings. The second-order valence-corrected chi connectivity index (χ2v) is 8.63. The zero-order valence-electron chi connectivity index (χ0n) is 18.5. The predicted octanol–water partition coefficient (Wildman–Crippen LogP) is 9.36. The van der Waals surface area contributed by atoms with Gasteiger partial charge in [-0.25, -0.2) is 0 Å². The summed E-state index contributed by atoms with van der Waals surface area (Å²) in [5.74, 6) is 1.48. The van der Waals surface area contributed by atoms with E-state index >= 15 is 0 Å². The van der Waals surface area contributed by atoms with Crippen molar-refractivity contribution in [3.05, 3.63) is 46.4 Å². The van der Waals surface area contributed by atoms with E-state index in [1.807, 2.05) is 36.4 Å². The van der Waals surface area contributed by atoms with Gasteiger partial charge in [0.15, 0.2) is 0 Å². The van der Waals surface area contributed by atoms with Gasteiger partial charge in [0.2, 0.25) is 0 Å². The molecule has 0 bridgehead atoms. The summed E-state index contributed by atoms with van der Waals surface area (Å²) < 4.78 is 11.7. The standard InChI is InChI=1S/C26H36Cl2O2/c1-3-5-7-9-10-12-18-30-26-16-14-22(20-24(26)28)21-13-15-25(23(27)19-21)29-17-11-8-6-4-2/h13-16,19-20H,3-12,17-18H2,1-2H3. The zero-order chi connectivity index (χ0) is 21.6. The first-order valence-corrected chi connectivity index (χ1v) is 12.3. The van der Waals surface area contributed by atoms with Crippen molar-refractivity contribution < 1.29 is 9.47 Å². The minimum absolute atomic E-state index is 0.627. The fraction of sp³-hybridized carbons (Fsp3) is 0.538. The van der Waals surface area contributed by atoms with Crippen LogP contribution < -0.4 is 9.47 Å². The minimum atomic E-state index is 0.627. The van der Waals surface area contributed by atoms with Crippen LogP contribution in [-0.2, 0) is 0 Å². The van der Waals surface area contributed by atoms with Gasteiger partial charge in [0.1, 0.15) is 11.5 Å². The average molecular weight is 451 g/mol. The van der Waals surface area contributed by atoms with Crippen LogP contribution in [0.4, 0.5) is 0 Å². The van der Waals surface area contributed by atoms with E-state index in [0.29, 0.717) is 23.3 Å². The first kappa shape index (κ1) is 24.9. The van der Waals surface area contributed by atoms with Crippen LogP contribution in [-0.4, -0.2) is 13.2 Å². The molecule has 0 radical (unpaired) electrons. The summed E-state index contributed by atoms with van der Waals surface area (Å²) in [5.41, 5.74) is 2.03. The Labute approximate surface area is 192 Å². The number of hydrogen-bond acceptors (Lipinski definition) is 2. The molecule has 4 heteroatoms. The van der Waals surface area contributed by atoms with Gasteiger partial charge < -0.3 is 9.47 Å². The summed E-state index contributed by atoms with van der Waals surface area (Å²) >= 11 is 12.9. The van der Waals surface area contributed by atoms with Gasteiger partial charge in [0, 0.05) is 0 Å². The monoisotopic (exact) mass is 450 g/mol. The summed E-state index contributed by atoms with van der Waals surface area (Å²) in [7, 11) is 0. The normalized spacial score (nSPS) is 10.9. The highest BCUT2D eigenvalue weighted by Gasteiger charge is 2.08. The lowest BCUT2D eigenvalue weighted by Gasteiger charge is -2.12. The van der Waals surface area contributed by atoms with Crippen LogP contribution in [0.3, 0.4) is 0 Å². The molecule has 0 atom stereocenters. The Kier molecular flexibility index (Phi) is 12.1. The summed E-state index contributed by atoms with van der Waals surface area (Å²) in [6.45, 7) is 5.86. The molecule has 2 nitrogen and oxygen atoms in total. The van der Waals surface area contributed by atoms with Crippen molar-refractivity contribution >= 4 is 23.2 Å². The Morgan fingerprint density at radius 2 is 0.967 bits per heavy atom. The van der Waals surface area contributed by atoms with Crippen molar-refractivity contribution in [2.75, 3.05) is 13.2 Å². The summed E-state index contributed by atoms with van der Waals surface area (Å²) in [6, 6.07) is 11.8. The van der Waals surface area contributed by atoms with Gasteiger partial charge >= 0.3 is 0 Å². The van der Waals surface area contributed by atoms with Crippen molar-refractivity contribution in [3.63, 3.8) is 0 Å². The van der Waals surface area contributed by atoms with Crippen LogP contribution >= 0.6 is 23.2 Å². The van der Waals surface area contributed by atoms with Crippen LogP contribution in [0, 0.1) is 0 Å². The highest BCUT2D eigenvalue weighted by Crippen LogP contribution is 2.34. The maximum Gasteiger partial charge on any atom is 0.137 e. The zero-order valence-corrected chi connectivity index (χ0v) is 20.0. The largest absolute Gasteiger partial charge is 0.492 e. The van der Waals surface area contributed by atoms with Crippen LogP contribution in [0.25, 0.3) is 11.1 Å². The predicted molar refractivity (Wildman–Crippen MR) is 130 cm³/mol. The number of rotatable bonds is 15. The molecule has 0 aromatic heterocycles. The molecule has 0 N–H and O–H groups in total. The van der Waals surface area contributed by atoms with Crippen molar-refractivity contribution in [3.8, 4) is 22.6 Å². The number of halogens is 2. The van der Waals surface area contributed by atoms with E-state index in [4.69, 9.17) is 32.7 Å². The van der Waals surface area contributed by atoms with Gasteiger partial charge in [0.05, 0.1) is 23.3 Å². The van der Waals surface area contributed by atoms with E-state index in [9.17, 15) is 0 Å². The topological polar surface area (TPSA) is 18.5 Å². The number of hydrogen-bond donors (Lipinski definition) is 0. The Hall–Kier alpha value is -1.38. The van der Waals surface area contributed by atoms with Crippen molar-refractivity contribution in [1.82, 2.24) is 0 Å². The fourth-order valence-electron chi connectivity index (χ4n) is 3.37. The third-order valence-corrected chi connectivity index (χ3v) is 5.80. The van der Waals surface area contributed by atoms with Crippen LogP contribution in [0.15, 0.2) is 36.4 Å². The first-order chi connectivity index (χ1) is 14.7. The molecule has 166 valence electrons. The van der Waals surface area contributed by atoms with Crippen LogP contribution in [0.5, 0.6) is 11.5 Å². The van der Waals surface area contributed by atoms with Gasteiger partial charge in [-0.15, -0.1) is 0 Å². The lowest BCUT2D eigenvalue weighted by atomic mass is 10.1. The molecule has 0 aliphatic carbocycles. The molecule has 0 spiro atoms. The third kappa shape index (κ3) is 8.78. The maximum atomic E-state index is 6.46. The van der Waals surface area contributed by atoms with E-state index in [1.54, 1.807) is 0 Å². The van der Waals surface area contributed by atoms with Gasteiger partial charge in [-0.3, -0.25) is 0 Å². The molecule has 0 aliphatic rings.